The van der Waals surface area contributed by atoms with E-state index in [1.165, 1.54) is 27.8 Å². The summed E-state index contributed by atoms with van der Waals surface area (Å²) in [5, 5.41) is 0. The second-order valence-corrected chi connectivity index (χ2v) is 6.10. The molecule has 1 atom stereocenters. The third-order valence-corrected chi connectivity index (χ3v) is 4.24. The summed E-state index contributed by atoms with van der Waals surface area (Å²) in [6.45, 7) is 29.6. The molecule has 2 aromatic carbocycles. The molecule has 0 nitrogen and oxygen atoms in total. The standard InChI is InChI=1S/C18H16.C5H10.C3H6.2C2H6.C2H4.CH4/c1-3-15-13(2)16-11-7-8-12-17(16)18(15)14-9-5-4-6-10-14;1-3-5-4-2;1-3-2;3*1-2;/h3-12,18H,1H2,2H3;3,5H,4H2,1-2H3;3H,1H2,2H3;2*1-2H3;1-2H2;1H4/b;5-3-;;;;;. The molecule has 1 aliphatic carbocycles. The Morgan fingerprint density at radius 2 is 1.27 bits per heavy atom. The fourth-order valence-electron chi connectivity index (χ4n) is 3.14. The van der Waals surface area contributed by atoms with Gasteiger partial charge in [0, 0.05) is 5.92 Å². The van der Waals surface area contributed by atoms with Crippen LogP contribution in [0, 0.1) is 0 Å². The van der Waals surface area contributed by atoms with Crippen LogP contribution in [0.4, 0.5) is 0 Å². The van der Waals surface area contributed by atoms with E-state index in [4.69, 9.17) is 0 Å². The number of hydrogen-bond donors (Lipinski definition) is 0. The minimum Gasteiger partial charge on any atom is -0.106 e. The second kappa shape index (κ2) is 27.2. The summed E-state index contributed by atoms with van der Waals surface area (Å²) in [7, 11) is 0. The molecule has 0 aliphatic heterocycles. The van der Waals surface area contributed by atoms with E-state index in [0.717, 1.165) is 6.42 Å². The SMILES string of the molecule is C.C/C=C\CC.C=C.C=CC.C=CC1=C(C)c2ccccc2C1c1ccccc1.CC.CC. The van der Waals surface area contributed by atoms with Crippen LogP contribution < -0.4 is 0 Å². The fraction of sp³-hybridized carbons (Fsp3) is 0.333. The highest BCUT2D eigenvalue weighted by atomic mass is 14.3. The maximum Gasteiger partial charge on any atom is 0.0348 e. The fourth-order valence-corrected chi connectivity index (χ4v) is 3.14. The zero-order valence-electron chi connectivity index (χ0n) is 22.1. The Labute approximate surface area is 208 Å². The van der Waals surface area contributed by atoms with E-state index < -0.39 is 0 Å². The largest absolute Gasteiger partial charge is 0.106 e. The van der Waals surface area contributed by atoms with Crippen LogP contribution in [0.2, 0.25) is 0 Å². The van der Waals surface area contributed by atoms with Crippen molar-refractivity contribution in [2.45, 2.75) is 75.2 Å². The summed E-state index contributed by atoms with van der Waals surface area (Å²) in [5.74, 6) is 0.347. The van der Waals surface area contributed by atoms with Gasteiger partial charge in [0.2, 0.25) is 0 Å². The maximum atomic E-state index is 3.99. The molecule has 184 valence electrons. The first-order valence-corrected chi connectivity index (χ1v) is 11.8. The molecule has 0 heterocycles. The van der Waals surface area contributed by atoms with Gasteiger partial charge in [-0.15, -0.1) is 19.7 Å². The number of fused-ring (bicyclic) bond motifs is 1. The minimum atomic E-state index is 0. The van der Waals surface area contributed by atoms with Crippen molar-refractivity contribution in [1.29, 1.82) is 0 Å². The van der Waals surface area contributed by atoms with Crippen molar-refractivity contribution in [3.8, 4) is 0 Å². The smallest absolute Gasteiger partial charge is 0.0348 e. The number of benzene rings is 2. The molecular weight excluding hydrogens is 396 g/mol. The number of rotatable bonds is 3. The molecule has 0 N–H and O–H groups in total. The van der Waals surface area contributed by atoms with Crippen molar-refractivity contribution in [1.82, 2.24) is 0 Å². The zero-order valence-corrected chi connectivity index (χ0v) is 22.1. The van der Waals surface area contributed by atoms with Crippen molar-refractivity contribution >= 4 is 5.57 Å². The van der Waals surface area contributed by atoms with Gasteiger partial charge in [-0.25, -0.2) is 0 Å². The summed E-state index contributed by atoms with van der Waals surface area (Å²) in [6.07, 6.45) is 9.10. The van der Waals surface area contributed by atoms with Gasteiger partial charge in [-0.3, -0.25) is 0 Å². The van der Waals surface area contributed by atoms with E-state index in [1.54, 1.807) is 6.08 Å². The lowest BCUT2D eigenvalue weighted by atomic mass is 9.88. The van der Waals surface area contributed by atoms with Crippen molar-refractivity contribution in [3.05, 3.63) is 127 Å². The first kappa shape index (κ1) is 37.5. The molecule has 0 aromatic heterocycles. The van der Waals surface area contributed by atoms with Gasteiger partial charge in [-0.2, -0.15) is 0 Å². The molecule has 0 saturated carbocycles. The van der Waals surface area contributed by atoms with E-state index in [9.17, 15) is 0 Å². The van der Waals surface area contributed by atoms with Gasteiger partial charge in [0.1, 0.15) is 0 Å². The van der Waals surface area contributed by atoms with E-state index in [1.807, 2.05) is 47.6 Å². The van der Waals surface area contributed by atoms with Gasteiger partial charge in [0.25, 0.3) is 0 Å². The molecule has 0 fully saturated rings. The Bertz CT molecular complexity index is 760. The van der Waals surface area contributed by atoms with Crippen LogP contribution in [-0.2, 0) is 0 Å². The first-order valence-electron chi connectivity index (χ1n) is 11.8. The Morgan fingerprint density at radius 3 is 1.67 bits per heavy atom. The van der Waals surface area contributed by atoms with Crippen molar-refractivity contribution in [2.75, 3.05) is 0 Å². The molecule has 0 saturated heterocycles. The molecule has 3 rings (SSSR count). The predicted molar refractivity (Wildman–Crippen MR) is 159 cm³/mol. The average Bonchev–Trinajstić information content (AvgIpc) is 3.16. The topological polar surface area (TPSA) is 0 Å². The van der Waals surface area contributed by atoms with E-state index in [0.29, 0.717) is 5.92 Å². The monoisotopic (exact) mass is 448 g/mol. The lowest BCUT2D eigenvalue weighted by Crippen LogP contribution is -1.99. The van der Waals surface area contributed by atoms with E-state index >= 15 is 0 Å². The summed E-state index contributed by atoms with van der Waals surface area (Å²) >= 11 is 0. The molecular formula is C33H52. The molecule has 0 bridgehead atoms. The second-order valence-electron chi connectivity index (χ2n) is 6.10. The highest BCUT2D eigenvalue weighted by Crippen LogP contribution is 2.45. The van der Waals surface area contributed by atoms with Gasteiger partial charge in [-0.1, -0.05) is 128 Å². The quantitative estimate of drug-likeness (QED) is 0.409. The predicted octanol–water partition coefficient (Wildman–Crippen LogP) is 11.4. The van der Waals surface area contributed by atoms with Gasteiger partial charge in [-0.05, 0) is 55.0 Å². The highest BCUT2D eigenvalue weighted by molar-refractivity contribution is 5.80. The Kier molecular flexibility index (Phi) is 30.8. The lowest BCUT2D eigenvalue weighted by molar-refractivity contribution is 1.01. The van der Waals surface area contributed by atoms with Crippen molar-refractivity contribution in [2.24, 2.45) is 0 Å². The first-order chi connectivity index (χ1) is 15.7. The van der Waals surface area contributed by atoms with Crippen LogP contribution in [-0.4, -0.2) is 0 Å². The molecule has 2 aromatic rings. The summed E-state index contributed by atoms with van der Waals surface area (Å²) in [6, 6.07) is 19.3. The average molecular weight is 449 g/mol. The molecule has 1 aliphatic rings. The van der Waals surface area contributed by atoms with Gasteiger partial charge in [0.05, 0.1) is 0 Å². The maximum absolute atomic E-state index is 3.99. The number of hydrogen-bond acceptors (Lipinski definition) is 0. The minimum absolute atomic E-state index is 0. The lowest BCUT2D eigenvalue weighted by Gasteiger charge is -2.15. The van der Waals surface area contributed by atoms with E-state index in [2.05, 4.69) is 107 Å². The van der Waals surface area contributed by atoms with Crippen molar-refractivity contribution in [3.63, 3.8) is 0 Å². The molecule has 33 heavy (non-hydrogen) atoms. The highest BCUT2D eigenvalue weighted by Gasteiger charge is 2.28. The molecule has 0 amide bonds. The van der Waals surface area contributed by atoms with Gasteiger partial charge >= 0.3 is 0 Å². The normalized spacial score (nSPS) is 12.1. The Balaban J connectivity index is -0.000000238. The summed E-state index contributed by atoms with van der Waals surface area (Å²) in [5.41, 5.74) is 6.80. The van der Waals surface area contributed by atoms with Crippen LogP contribution >= 0.6 is 0 Å². The summed E-state index contributed by atoms with van der Waals surface area (Å²) < 4.78 is 0. The van der Waals surface area contributed by atoms with Gasteiger partial charge in [0.15, 0.2) is 0 Å². The van der Waals surface area contributed by atoms with E-state index in [-0.39, 0.29) is 7.43 Å². The zero-order chi connectivity index (χ0) is 25.4. The van der Waals surface area contributed by atoms with Crippen LogP contribution in [0.1, 0.15) is 91.8 Å². The van der Waals surface area contributed by atoms with Crippen molar-refractivity contribution < 1.29 is 0 Å². The van der Waals surface area contributed by atoms with Crippen LogP contribution in [0.15, 0.2) is 111 Å². The Morgan fingerprint density at radius 1 is 0.818 bits per heavy atom. The Hall–Kier alpha value is -2.86. The molecule has 0 spiro atoms. The molecule has 0 heteroatoms. The third-order valence-electron chi connectivity index (χ3n) is 4.24. The van der Waals surface area contributed by atoms with Crippen LogP contribution in [0.5, 0.6) is 0 Å². The van der Waals surface area contributed by atoms with Crippen LogP contribution in [0.3, 0.4) is 0 Å². The summed E-state index contributed by atoms with van der Waals surface area (Å²) in [4.78, 5) is 0. The number of allylic oxidation sites excluding steroid dienone is 6. The molecule has 0 radical (unpaired) electrons. The van der Waals surface area contributed by atoms with Gasteiger partial charge < -0.3 is 0 Å². The third kappa shape index (κ3) is 13.3. The van der Waals surface area contributed by atoms with Crippen LogP contribution in [0.25, 0.3) is 5.57 Å². The molecule has 1 unspecified atom stereocenters.